The summed E-state index contributed by atoms with van der Waals surface area (Å²) in [4.78, 5) is 8.04. The van der Waals surface area contributed by atoms with Crippen LogP contribution in [0.5, 0.6) is 0 Å². The average Bonchev–Trinajstić information content (AvgIpc) is 2.47. The number of nitrogens with zero attached hydrogens (tertiary/aromatic N) is 2. The van der Waals surface area contributed by atoms with Crippen LogP contribution in [0.15, 0.2) is 45.6 Å². The van der Waals surface area contributed by atoms with E-state index in [9.17, 15) is 8.78 Å². The molecule has 0 radical (unpaired) electrons. The summed E-state index contributed by atoms with van der Waals surface area (Å²) >= 11 is 0. The van der Waals surface area contributed by atoms with Crippen molar-refractivity contribution in [1.29, 1.82) is 5.41 Å². The van der Waals surface area contributed by atoms with Gasteiger partial charge in [-0.25, -0.2) is 13.8 Å². The van der Waals surface area contributed by atoms with Crippen LogP contribution in [0.25, 0.3) is 0 Å². The number of nitrogens with one attached hydrogen (secondary N) is 2. The lowest BCUT2D eigenvalue weighted by Crippen LogP contribution is -2.09. The molecule has 0 aromatic heterocycles. The highest BCUT2D eigenvalue weighted by molar-refractivity contribution is 6.15. The fourth-order valence-corrected chi connectivity index (χ4v) is 1.75. The van der Waals surface area contributed by atoms with Crippen molar-refractivity contribution >= 4 is 24.3 Å². The molecule has 0 amide bonds. The van der Waals surface area contributed by atoms with Crippen LogP contribution in [-0.4, -0.2) is 25.2 Å². The second-order valence-electron chi connectivity index (χ2n) is 4.18. The van der Waals surface area contributed by atoms with Crippen LogP contribution in [0.1, 0.15) is 25.8 Å². The van der Waals surface area contributed by atoms with Gasteiger partial charge >= 0.3 is 0 Å². The predicted molar refractivity (Wildman–Crippen MR) is 84.0 cm³/mol. The van der Waals surface area contributed by atoms with Gasteiger partial charge in [-0.15, -0.1) is 0 Å². The molecule has 1 aromatic carbocycles. The van der Waals surface area contributed by atoms with Crippen molar-refractivity contribution in [3.05, 3.63) is 41.2 Å². The van der Waals surface area contributed by atoms with Gasteiger partial charge in [0.05, 0.1) is 5.57 Å². The van der Waals surface area contributed by atoms with Gasteiger partial charge in [0.1, 0.15) is 5.82 Å². The fourth-order valence-electron chi connectivity index (χ4n) is 1.75. The molecule has 1 aromatic rings. The standard InChI is InChI=1S/C15H18F2N4/c1-4-20-10(2)13(9-18)15(19-3)21-12-7-5-6-11(8-12)14(16)17/h5-9,14,18,21H,3-4H2,1-2H3/b15-13+,18-9?,20-10-. The maximum Gasteiger partial charge on any atom is 0.263 e. The summed E-state index contributed by atoms with van der Waals surface area (Å²) in [6.45, 7) is 7.66. The van der Waals surface area contributed by atoms with E-state index >= 15 is 0 Å². The molecule has 0 spiro atoms. The van der Waals surface area contributed by atoms with Crippen molar-refractivity contribution in [3.8, 4) is 0 Å². The zero-order valence-corrected chi connectivity index (χ0v) is 12.0. The number of hydrogen-bond donors (Lipinski definition) is 2. The molecule has 112 valence electrons. The molecule has 0 saturated carbocycles. The zero-order valence-electron chi connectivity index (χ0n) is 12.0. The molecule has 2 N–H and O–H groups in total. The van der Waals surface area contributed by atoms with Crippen molar-refractivity contribution in [3.63, 3.8) is 0 Å². The lowest BCUT2D eigenvalue weighted by molar-refractivity contribution is 0.151. The highest BCUT2D eigenvalue weighted by Crippen LogP contribution is 2.23. The Morgan fingerprint density at radius 2 is 2.19 bits per heavy atom. The predicted octanol–water partition coefficient (Wildman–Crippen LogP) is 4.08. The molecule has 0 atom stereocenters. The summed E-state index contributed by atoms with van der Waals surface area (Å²) in [6.07, 6.45) is -1.43. The molecule has 6 heteroatoms. The van der Waals surface area contributed by atoms with Gasteiger partial charge in [0.2, 0.25) is 0 Å². The van der Waals surface area contributed by atoms with E-state index in [2.05, 4.69) is 22.0 Å². The quantitative estimate of drug-likeness (QED) is 0.731. The fraction of sp³-hybridized carbons (Fsp3) is 0.267. The number of aliphatic imine (C=N–C) groups is 2. The van der Waals surface area contributed by atoms with Crippen molar-refractivity contribution in [2.75, 3.05) is 11.9 Å². The van der Waals surface area contributed by atoms with E-state index in [-0.39, 0.29) is 5.56 Å². The van der Waals surface area contributed by atoms with Crippen LogP contribution >= 0.6 is 0 Å². The number of hydrogen-bond acceptors (Lipinski definition) is 4. The molecule has 0 heterocycles. The summed E-state index contributed by atoms with van der Waals surface area (Å²) in [5, 5.41) is 10.4. The normalized spacial score (nSPS) is 12.9. The van der Waals surface area contributed by atoms with E-state index < -0.39 is 6.43 Å². The second kappa shape index (κ2) is 8.04. The van der Waals surface area contributed by atoms with Crippen LogP contribution in [-0.2, 0) is 0 Å². The molecular weight excluding hydrogens is 274 g/mol. The number of rotatable bonds is 7. The van der Waals surface area contributed by atoms with Crippen molar-refractivity contribution in [2.45, 2.75) is 20.3 Å². The minimum atomic E-state index is -2.54. The van der Waals surface area contributed by atoms with E-state index in [1.807, 2.05) is 6.92 Å². The highest BCUT2D eigenvalue weighted by atomic mass is 19.3. The van der Waals surface area contributed by atoms with Gasteiger partial charge in [0.15, 0.2) is 0 Å². The first-order chi connectivity index (χ1) is 10.0. The average molecular weight is 292 g/mol. The Bertz CT molecular complexity index is 577. The lowest BCUT2D eigenvalue weighted by atomic mass is 10.1. The Hall–Kier alpha value is -2.37. The van der Waals surface area contributed by atoms with Crippen molar-refractivity contribution in [2.24, 2.45) is 9.98 Å². The molecular formula is C15H18F2N4. The maximum absolute atomic E-state index is 12.7. The molecule has 21 heavy (non-hydrogen) atoms. The van der Waals surface area contributed by atoms with Gasteiger partial charge in [0, 0.05) is 29.7 Å². The molecule has 0 bridgehead atoms. The van der Waals surface area contributed by atoms with Gasteiger partial charge in [-0.1, -0.05) is 12.1 Å². The minimum absolute atomic E-state index is 0.0845. The van der Waals surface area contributed by atoms with Crippen LogP contribution in [0, 0.1) is 5.41 Å². The molecule has 0 saturated heterocycles. The van der Waals surface area contributed by atoms with E-state index in [0.29, 0.717) is 29.3 Å². The van der Waals surface area contributed by atoms with Gasteiger partial charge in [-0.05, 0) is 32.7 Å². The second-order valence-corrected chi connectivity index (χ2v) is 4.18. The molecule has 0 aliphatic rings. The van der Waals surface area contributed by atoms with Crippen LogP contribution in [0.2, 0.25) is 0 Å². The Morgan fingerprint density at radius 3 is 2.71 bits per heavy atom. The Balaban J connectivity index is 3.16. The van der Waals surface area contributed by atoms with Gasteiger partial charge in [0.25, 0.3) is 6.43 Å². The third-order valence-electron chi connectivity index (χ3n) is 2.74. The third-order valence-corrected chi connectivity index (χ3v) is 2.74. The summed E-state index contributed by atoms with van der Waals surface area (Å²) in [6, 6.07) is 5.86. The van der Waals surface area contributed by atoms with E-state index in [1.54, 1.807) is 13.0 Å². The molecule has 0 aliphatic carbocycles. The summed E-state index contributed by atoms with van der Waals surface area (Å²) < 4.78 is 25.4. The molecule has 0 fully saturated rings. The smallest absolute Gasteiger partial charge is 0.263 e. The van der Waals surface area contributed by atoms with E-state index in [4.69, 9.17) is 5.41 Å². The Kier molecular flexibility index (Phi) is 6.39. The summed E-state index contributed by atoms with van der Waals surface area (Å²) in [7, 11) is 0. The van der Waals surface area contributed by atoms with E-state index in [1.165, 1.54) is 18.2 Å². The largest absolute Gasteiger partial charge is 0.340 e. The topological polar surface area (TPSA) is 60.6 Å². The first-order valence-corrected chi connectivity index (χ1v) is 6.41. The number of halogens is 2. The minimum Gasteiger partial charge on any atom is -0.340 e. The SMILES string of the molecule is C=N/C(Nc1cccc(C(F)F)c1)=C(C=N)\C(C)=N/CC. The van der Waals surface area contributed by atoms with E-state index in [0.717, 1.165) is 6.21 Å². The number of benzene rings is 1. The summed E-state index contributed by atoms with van der Waals surface area (Å²) in [5.41, 5.74) is 1.47. The van der Waals surface area contributed by atoms with Crippen molar-refractivity contribution < 1.29 is 8.78 Å². The highest BCUT2D eigenvalue weighted by Gasteiger charge is 2.10. The maximum atomic E-state index is 12.7. The third kappa shape index (κ3) is 4.59. The monoisotopic (exact) mass is 292 g/mol. The Morgan fingerprint density at radius 1 is 1.48 bits per heavy atom. The zero-order chi connectivity index (χ0) is 15.8. The van der Waals surface area contributed by atoms with Gasteiger partial charge in [-0.2, -0.15) is 0 Å². The molecule has 0 unspecified atom stereocenters. The van der Waals surface area contributed by atoms with Gasteiger partial charge in [-0.3, -0.25) is 4.99 Å². The molecule has 0 aliphatic heterocycles. The molecule has 1 rings (SSSR count). The number of allylic oxidation sites excluding steroid dienone is 1. The number of anilines is 1. The van der Waals surface area contributed by atoms with Crippen LogP contribution < -0.4 is 5.32 Å². The van der Waals surface area contributed by atoms with Crippen molar-refractivity contribution in [1.82, 2.24) is 0 Å². The molecule has 4 nitrogen and oxygen atoms in total. The summed E-state index contributed by atoms with van der Waals surface area (Å²) in [5.74, 6) is 0.311. The lowest BCUT2D eigenvalue weighted by Gasteiger charge is -2.11. The Labute approximate surface area is 122 Å². The first kappa shape index (κ1) is 16.7. The first-order valence-electron chi connectivity index (χ1n) is 6.41. The van der Waals surface area contributed by atoms with Gasteiger partial charge < -0.3 is 10.7 Å². The number of alkyl halides is 2. The van der Waals surface area contributed by atoms with Crippen LogP contribution in [0.4, 0.5) is 14.5 Å². The van der Waals surface area contributed by atoms with Crippen LogP contribution in [0.3, 0.4) is 0 Å².